The molecule has 0 saturated carbocycles. The van der Waals surface area contributed by atoms with Crippen LogP contribution in [0.4, 0.5) is 0 Å². The second kappa shape index (κ2) is 63.5. The summed E-state index contributed by atoms with van der Waals surface area (Å²) in [4.78, 5) is 72.8. The second-order valence-corrected chi connectivity index (χ2v) is 31.5. The smallest absolute Gasteiger partial charge is 0.462 e. The van der Waals surface area contributed by atoms with E-state index in [0.29, 0.717) is 25.7 Å². The van der Waals surface area contributed by atoms with E-state index in [-0.39, 0.29) is 25.7 Å². The molecule has 0 fully saturated rings. The van der Waals surface area contributed by atoms with Gasteiger partial charge in [-0.1, -0.05) is 319 Å². The highest BCUT2D eigenvalue weighted by atomic mass is 31.2. The number of rotatable bonds is 71. The van der Waals surface area contributed by atoms with Gasteiger partial charge in [-0.25, -0.2) is 9.13 Å². The second-order valence-electron chi connectivity index (χ2n) is 28.6. The molecule has 17 nitrogen and oxygen atoms in total. The van der Waals surface area contributed by atoms with Crippen LogP contribution in [0.25, 0.3) is 0 Å². The molecule has 0 spiro atoms. The number of phosphoric ester groups is 2. The Hall–Kier alpha value is -1.94. The summed E-state index contributed by atoms with van der Waals surface area (Å²) < 4.78 is 68.5. The Labute approximate surface area is 568 Å². The number of hydrogen-bond acceptors (Lipinski definition) is 15. The molecule has 3 N–H and O–H groups in total. The minimum Gasteiger partial charge on any atom is -0.462 e. The summed E-state index contributed by atoms with van der Waals surface area (Å²) in [7, 11) is -9.91. The molecular formula is C74H144O17P2. The van der Waals surface area contributed by atoms with Gasteiger partial charge in [-0.2, -0.15) is 0 Å². The van der Waals surface area contributed by atoms with Gasteiger partial charge in [-0.05, 0) is 49.4 Å². The topological polar surface area (TPSA) is 237 Å². The van der Waals surface area contributed by atoms with Crippen LogP contribution in [0.2, 0.25) is 0 Å². The predicted octanol–water partition coefficient (Wildman–Crippen LogP) is 21.3. The van der Waals surface area contributed by atoms with Crippen molar-refractivity contribution in [3.63, 3.8) is 0 Å². The van der Waals surface area contributed by atoms with Crippen molar-refractivity contribution in [2.24, 2.45) is 23.7 Å². The first-order valence-corrected chi connectivity index (χ1v) is 41.2. The minimum atomic E-state index is -4.96. The fourth-order valence-electron chi connectivity index (χ4n) is 11.2. The van der Waals surface area contributed by atoms with Gasteiger partial charge >= 0.3 is 39.5 Å². The molecule has 0 aromatic rings. The Kier molecular flexibility index (Phi) is 62.2. The van der Waals surface area contributed by atoms with Crippen LogP contribution in [0.5, 0.6) is 0 Å². The Morgan fingerprint density at radius 3 is 0.667 bits per heavy atom. The van der Waals surface area contributed by atoms with Crippen molar-refractivity contribution in [1.82, 2.24) is 0 Å². The van der Waals surface area contributed by atoms with Gasteiger partial charge in [-0.15, -0.1) is 0 Å². The third kappa shape index (κ3) is 68.4. The van der Waals surface area contributed by atoms with E-state index < -0.39 is 97.5 Å². The van der Waals surface area contributed by atoms with Crippen molar-refractivity contribution in [3.05, 3.63) is 0 Å². The number of unbranched alkanes of at least 4 members (excludes halogenated alkanes) is 37. The van der Waals surface area contributed by atoms with Crippen LogP contribution in [-0.4, -0.2) is 96.7 Å². The first-order chi connectivity index (χ1) is 44.6. The van der Waals surface area contributed by atoms with E-state index in [1.54, 1.807) is 0 Å². The third-order valence-electron chi connectivity index (χ3n) is 17.1. The van der Waals surface area contributed by atoms with Gasteiger partial charge in [0, 0.05) is 25.7 Å². The summed E-state index contributed by atoms with van der Waals surface area (Å²) in [6, 6.07) is 0. The van der Waals surface area contributed by atoms with Crippen LogP contribution in [-0.2, 0) is 65.4 Å². The molecule has 0 aromatic carbocycles. The van der Waals surface area contributed by atoms with Gasteiger partial charge in [0.1, 0.15) is 19.3 Å². The van der Waals surface area contributed by atoms with Crippen molar-refractivity contribution >= 4 is 39.5 Å². The van der Waals surface area contributed by atoms with Crippen molar-refractivity contribution in [2.75, 3.05) is 39.6 Å². The van der Waals surface area contributed by atoms with Gasteiger partial charge in [0.15, 0.2) is 12.2 Å². The van der Waals surface area contributed by atoms with E-state index in [4.69, 9.17) is 37.0 Å². The standard InChI is InChI=1S/C74H144O17P2/c1-64(2)50-42-34-26-18-11-9-13-22-30-38-46-54-71(76)84-60-69(90-73(78)56-48-40-32-23-14-10-12-19-27-35-43-51-65(3)4)62-88-92(80,81)86-58-68(75)59-87-93(82,83)89-63-70(61-85-72(77)55-47-39-31-25-17-21-29-37-45-53-67(7)8)91-74(79)57-49-41-33-24-16-15-20-28-36-44-52-66(5)6/h64-70,75H,9-63H2,1-8H3,(H,80,81)(H,82,83)/t68-,69-,70-/m1/s1. The zero-order chi connectivity index (χ0) is 68.9. The first-order valence-electron chi connectivity index (χ1n) is 38.2. The molecule has 5 atom stereocenters. The van der Waals surface area contributed by atoms with Crippen LogP contribution < -0.4 is 0 Å². The Morgan fingerprint density at radius 2 is 0.452 bits per heavy atom. The fraction of sp³-hybridized carbons (Fsp3) is 0.946. The van der Waals surface area contributed by atoms with Gasteiger partial charge in [0.2, 0.25) is 0 Å². The molecule has 0 aliphatic carbocycles. The quantitative estimate of drug-likeness (QED) is 0.0222. The molecule has 0 bridgehead atoms. The number of carbonyl (C=O) groups excluding carboxylic acids is 4. The minimum absolute atomic E-state index is 0.105. The molecule has 0 rings (SSSR count). The van der Waals surface area contributed by atoms with E-state index in [0.717, 1.165) is 114 Å². The van der Waals surface area contributed by atoms with E-state index in [2.05, 4.69) is 55.4 Å². The highest BCUT2D eigenvalue weighted by Crippen LogP contribution is 2.45. The molecule has 552 valence electrons. The molecule has 93 heavy (non-hydrogen) atoms. The summed E-state index contributed by atoms with van der Waals surface area (Å²) in [6.07, 6.45) is 47.1. The first kappa shape index (κ1) is 91.1. The van der Waals surface area contributed by atoms with Gasteiger partial charge in [0.05, 0.1) is 26.4 Å². The number of ether oxygens (including phenoxy) is 4. The molecule has 2 unspecified atom stereocenters. The highest BCUT2D eigenvalue weighted by molar-refractivity contribution is 7.47. The zero-order valence-electron chi connectivity index (χ0n) is 60.9. The Balaban J connectivity index is 5.27. The van der Waals surface area contributed by atoms with E-state index in [1.165, 1.54) is 173 Å². The molecular weight excluding hydrogens is 1220 g/mol. The van der Waals surface area contributed by atoms with Crippen LogP contribution in [0.15, 0.2) is 0 Å². The molecule has 0 saturated heterocycles. The van der Waals surface area contributed by atoms with Gasteiger partial charge in [0.25, 0.3) is 0 Å². The average Bonchev–Trinajstić information content (AvgIpc) is 1.88. The lowest BCUT2D eigenvalue weighted by molar-refractivity contribution is -0.161. The summed E-state index contributed by atoms with van der Waals surface area (Å²) in [5.74, 6) is 0.909. The van der Waals surface area contributed by atoms with Crippen LogP contribution in [0.3, 0.4) is 0 Å². The Bertz CT molecular complexity index is 1830. The van der Waals surface area contributed by atoms with Crippen LogP contribution in [0, 0.1) is 23.7 Å². The van der Waals surface area contributed by atoms with Crippen LogP contribution >= 0.6 is 15.6 Å². The van der Waals surface area contributed by atoms with Crippen molar-refractivity contribution in [2.45, 2.75) is 388 Å². The van der Waals surface area contributed by atoms with E-state index in [9.17, 15) is 43.2 Å². The summed E-state index contributed by atoms with van der Waals surface area (Å²) in [5, 5.41) is 10.6. The number of hydrogen-bond donors (Lipinski definition) is 3. The van der Waals surface area contributed by atoms with E-state index >= 15 is 0 Å². The summed E-state index contributed by atoms with van der Waals surface area (Å²) in [6.45, 7) is 14.2. The number of carbonyl (C=O) groups is 4. The molecule has 0 amide bonds. The largest absolute Gasteiger partial charge is 0.472 e. The zero-order valence-corrected chi connectivity index (χ0v) is 62.7. The molecule has 0 aliphatic heterocycles. The Morgan fingerprint density at radius 1 is 0.269 bits per heavy atom. The third-order valence-corrected chi connectivity index (χ3v) is 19.0. The highest BCUT2D eigenvalue weighted by Gasteiger charge is 2.30. The monoisotopic (exact) mass is 1370 g/mol. The van der Waals surface area contributed by atoms with Gasteiger partial charge < -0.3 is 33.8 Å². The maximum atomic E-state index is 13.1. The normalized spacial score (nSPS) is 14.2. The maximum absolute atomic E-state index is 13.1. The van der Waals surface area contributed by atoms with Crippen molar-refractivity contribution in [3.8, 4) is 0 Å². The van der Waals surface area contributed by atoms with Gasteiger partial charge in [-0.3, -0.25) is 37.3 Å². The summed E-state index contributed by atoms with van der Waals surface area (Å²) in [5.41, 5.74) is 0. The molecule has 0 aromatic heterocycles. The molecule has 19 heteroatoms. The lowest BCUT2D eigenvalue weighted by Crippen LogP contribution is -2.30. The molecule has 0 heterocycles. The maximum Gasteiger partial charge on any atom is 0.472 e. The molecule has 0 aliphatic rings. The number of aliphatic hydroxyl groups is 1. The summed E-state index contributed by atoms with van der Waals surface area (Å²) >= 11 is 0. The number of aliphatic hydroxyl groups excluding tert-OH is 1. The lowest BCUT2D eigenvalue weighted by Gasteiger charge is -2.21. The van der Waals surface area contributed by atoms with E-state index in [1.807, 2.05) is 0 Å². The predicted molar refractivity (Wildman–Crippen MR) is 377 cm³/mol. The SMILES string of the molecule is CC(C)CCCCCCCCCCCCCC(=O)OC[C@H](COP(=O)(O)OC[C@@H](O)COP(=O)(O)OC[C@@H](COC(=O)CCCCCCCCCCCC(C)C)OC(=O)CCCCCCCCCCCCC(C)C)OC(=O)CCCCCCCCCCCCCC(C)C. The molecule has 0 radical (unpaired) electrons. The lowest BCUT2D eigenvalue weighted by atomic mass is 10.0. The number of esters is 4. The number of phosphoric acid groups is 2. The van der Waals surface area contributed by atoms with Crippen molar-refractivity contribution < 1.29 is 80.2 Å². The van der Waals surface area contributed by atoms with Crippen LogP contribution in [0.1, 0.15) is 370 Å². The van der Waals surface area contributed by atoms with Crippen molar-refractivity contribution in [1.29, 1.82) is 0 Å². The average molecular weight is 1370 g/mol. The fourth-order valence-corrected chi connectivity index (χ4v) is 12.8.